The van der Waals surface area contributed by atoms with E-state index >= 15 is 0 Å². The molecule has 0 spiro atoms. The van der Waals surface area contributed by atoms with Crippen LogP contribution in [0.15, 0.2) is 0 Å². The van der Waals surface area contributed by atoms with E-state index in [0.717, 1.165) is 0 Å². The molecule has 5 N–H and O–H groups in total. The molecule has 0 saturated heterocycles. The number of amides is 1. The number of carbonyl (C=O) groups excluding carboxylic acids is 1. The Morgan fingerprint density at radius 2 is 2.07 bits per heavy atom. The monoisotopic (exact) mass is 222 g/mol. The molecule has 0 rings (SSSR count). The average molecular weight is 222 g/mol. The van der Waals surface area contributed by atoms with Gasteiger partial charge in [-0.1, -0.05) is 0 Å². The van der Waals surface area contributed by atoms with Crippen LogP contribution in [0.3, 0.4) is 0 Å². The molecule has 6 nitrogen and oxygen atoms in total. The number of aliphatic hydroxyl groups excluding tert-OH is 1. The molecule has 0 aromatic heterocycles. The summed E-state index contributed by atoms with van der Waals surface area (Å²) in [5, 5.41) is 19.7. The highest BCUT2D eigenvalue weighted by molar-refractivity contribution is 7.80. The molecule has 0 heterocycles. The van der Waals surface area contributed by atoms with Gasteiger partial charge in [-0.15, -0.1) is 0 Å². The number of carbonyl (C=O) groups is 2. The quantitative estimate of drug-likeness (QED) is 0.352. The second kappa shape index (κ2) is 5.84. The Balaban J connectivity index is 4.22. The molecule has 0 aromatic carbocycles. The minimum absolute atomic E-state index is 0.0341. The predicted octanol–water partition coefficient (Wildman–Crippen LogP) is -1.81. The van der Waals surface area contributed by atoms with Gasteiger partial charge in [0.1, 0.15) is 12.1 Å². The van der Waals surface area contributed by atoms with Crippen molar-refractivity contribution < 1.29 is 19.8 Å². The lowest BCUT2D eigenvalue weighted by Gasteiger charge is -2.17. The van der Waals surface area contributed by atoms with E-state index in [9.17, 15) is 9.59 Å². The maximum absolute atomic E-state index is 11.2. The first-order valence-corrected chi connectivity index (χ1v) is 4.61. The number of hydrogen-bond donors (Lipinski definition) is 5. The molecule has 0 saturated carbocycles. The summed E-state index contributed by atoms with van der Waals surface area (Å²) >= 11 is 3.75. The molecule has 0 fully saturated rings. The summed E-state index contributed by atoms with van der Waals surface area (Å²) in [6.07, 6.45) is -1.02. The topological polar surface area (TPSA) is 113 Å². The maximum atomic E-state index is 11.2. The van der Waals surface area contributed by atoms with Gasteiger partial charge in [-0.3, -0.25) is 4.79 Å². The van der Waals surface area contributed by atoms with Crippen LogP contribution in [-0.4, -0.2) is 46.0 Å². The number of rotatable bonds is 5. The molecule has 3 unspecified atom stereocenters. The van der Waals surface area contributed by atoms with Crippen LogP contribution >= 0.6 is 12.6 Å². The first-order chi connectivity index (χ1) is 6.40. The lowest BCUT2D eigenvalue weighted by atomic mass is 10.2. The molecular weight excluding hydrogens is 208 g/mol. The first-order valence-electron chi connectivity index (χ1n) is 3.97. The number of nitrogens with two attached hydrogens (primary N) is 1. The summed E-state index contributed by atoms with van der Waals surface area (Å²) in [5.74, 6) is -1.93. The largest absolute Gasteiger partial charge is 0.480 e. The Morgan fingerprint density at radius 1 is 1.57 bits per heavy atom. The van der Waals surface area contributed by atoms with E-state index in [-0.39, 0.29) is 5.75 Å². The summed E-state index contributed by atoms with van der Waals surface area (Å²) in [4.78, 5) is 21.7. The maximum Gasteiger partial charge on any atom is 0.327 e. The highest BCUT2D eigenvalue weighted by Crippen LogP contribution is 1.93. The fourth-order valence-corrected chi connectivity index (χ4v) is 0.920. The van der Waals surface area contributed by atoms with Crippen LogP contribution < -0.4 is 11.1 Å². The normalized spacial score (nSPS) is 16.9. The van der Waals surface area contributed by atoms with Gasteiger partial charge < -0.3 is 21.3 Å². The van der Waals surface area contributed by atoms with E-state index in [1.165, 1.54) is 6.92 Å². The van der Waals surface area contributed by atoms with Crippen molar-refractivity contribution in [1.29, 1.82) is 0 Å². The van der Waals surface area contributed by atoms with Gasteiger partial charge in [0.15, 0.2) is 0 Å². The van der Waals surface area contributed by atoms with Gasteiger partial charge in [-0.25, -0.2) is 4.79 Å². The molecule has 0 aliphatic carbocycles. The molecule has 0 radical (unpaired) electrons. The van der Waals surface area contributed by atoms with Crippen LogP contribution in [0.5, 0.6) is 0 Å². The lowest BCUT2D eigenvalue weighted by Crippen LogP contribution is -2.52. The second-order valence-electron chi connectivity index (χ2n) is 2.85. The van der Waals surface area contributed by atoms with E-state index in [1.807, 2.05) is 0 Å². The SMILES string of the molecule is CC(O)C(N)C(=O)NC(CS)C(=O)O. The highest BCUT2D eigenvalue weighted by atomic mass is 32.1. The smallest absolute Gasteiger partial charge is 0.327 e. The summed E-state index contributed by atoms with van der Waals surface area (Å²) < 4.78 is 0. The third-order valence-corrected chi connectivity index (χ3v) is 1.98. The Bertz CT molecular complexity index is 222. The minimum atomic E-state index is -1.19. The van der Waals surface area contributed by atoms with Crippen molar-refractivity contribution in [2.45, 2.75) is 25.1 Å². The Hall–Kier alpha value is -0.790. The van der Waals surface area contributed by atoms with Gasteiger partial charge in [0, 0.05) is 5.75 Å². The van der Waals surface area contributed by atoms with Gasteiger partial charge in [0.05, 0.1) is 6.10 Å². The van der Waals surface area contributed by atoms with E-state index in [1.54, 1.807) is 0 Å². The molecule has 0 bridgehead atoms. The van der Waals surface area contributed by atoms with E-state index in [4.69, 9.17) is 15.9 Å². The van der Waals surface area contributed by atoms with Crippen molar-refractivity contribution in [1.82, 2.24) is 5.32 Å². The summed E-state index contributed by atoms with van der Waals surface area (Å²) in [7, 11) is 0. The fourth-order valence-electron chi connectivity index (χ4n) is 0.672. The van der Waals surface area contributed by atoms with Crippen molar-refractivity contribution in [2.75, 3.05) is 5.75 Å². The van der Waals surface area contributed by atoms with Gasteiger partial charge in [-0.2, -0.15) is 12.6 Å². The number of thiol groups is 1. The van der Waals surface area contributed by atoms with Gasteiger partial charge in [0.2, 0.25) is 5.91 Å². The van der Waals surface area contributed by atoms with Crippen molar-refractivity contribution in [3.05, 3.63) is 0 Å². The predicted molar refractivity (Wildman–Crippen MR) is 53.1 cm³/mol. The lowest BCUT2D eigenvalue weighted by molar-refractivity contribution is -0.141. The zero-order valence-electron chi connectivity index (χ0n) is 7.67. The van der Waals surface area contributed by atoms with Crippen molar-refractivity contribution in [2.24, 2.45) is 5.73 Å². The standard InChI is InChI=1S/C7H14N2O4S/c1-3(10)5(8)6(11)9-4(2-14)7(12)13/h3-5,10,14H,2,8H2,1H3,(H,9,11)(H,12,13). The molecular formula is C7H14N2O4S. The van der Waals surface area contributed by atoms with Gasteiger partial charge in [-0.05, 0) is 6.92 Å². The molecule has 14 heavy (non-hydrogen) atoms. The Kier molecular flexibility index (Phi) is 5.51. The second-order valence-corrected chi connectivity index (χ2v) is 3.21. The Labute approximate surface area is 86.9 Å². The number of nitrogens with one attached hydrogen (secondary N) is 1. The summed E-state index contributed by atoms with van der Waals surface area (Å²) in [5.41, 5.74) is 5.28. The molecule has 3 atom stereocenters. The number of carboxylic acid groups (broad SMARTS) is 1. The van der Waals surface area contributed by atoms with Crippen LogP contribution in [0.1, 0.15) is 6.92 Å². The first kappa shape index (κ1) is 13.2. The zero-order valence-corrected chi connectivity index (χ0v) is 8.57. The molecule has 0 aliphatic heterocycles. The van der Waals surface area contributed by atoms with Gasteiger partial charge in [0.25, 0.3) is 0 Å². The highest BCUT2D eigenvalue weighted by Gasteiger charge is 2.24. The van der Waals surface area contributed by atoms with Crippen molar-refractivity contribution >= 4 is 24.5 Å². The van der Waals surface area contributed by atoms with Crippen molar-refractivity contribution in [3.8, 4) is 0 Å². The number of hydrogen-bond acceptors (Lipinski definition) is 5. The van der Waals surface area contributed by atoms with E-state index < -0.39 is 30.1 Å². The Morgan fingerprint density at radius 3 is 2.36 bits per heavy atom. The molecule has 0 aromatic rings. The number of aliphatic carboxylic acids is 1. The molecule has 7 heteroatoms. The van der Waals surface area contributed by atoms with Crippen molar-refractivity contribution in [3.63, 3.8) is 0 Å². The van der Waals surface area contributed by atoms with Crippen LogP contribution in [-0.2, 0) is 9.59 Å². The van der Waals surface area contributed by atoms with E-state index in [0.29, 0.717) is 0 Å². The van der Waals surface area contributed by atoms with Crippen LogP contribution in [0.2, 0.25) is 0 Å². The minimum Gasteiger partial charge on any atom is -0.480 e. The fraction of sp³-hybridized carbons (Fsp3) is 0.714. The van der Waals surface area contributed by atoms with Crippen LogP contribution in [0.25, 0.3) is 0 Å². The molecule has 1 amide bonds. The van der Waals surface area contributed by atoms with E-state index in [2.05, 4.69) is 17.9 Å². The third kappa shape index (κ3) is 3.95. The average Bonchev–Trinajstić information content (AvgIpc) is 2.11. The summed E-state index contributed by atoms with van der Waals surface area (Å²) in [6.45, 7) is 1.35. The van der Waals surface area contributed by atoms with Crippen LogP contribution in [0.4, 0.5) is 0 Å². The molecule has 82 valence electrons. The van der Waals surface area contributed by atoms with Gasteiger partial charge >= 0.3 is 5.97 Å². The molecule has 0 aliphatic rings. The number of aliphatic hydroxyl groups is 1. The summed E-state index contributed by atoms with van der Waals surface area (Å²) in [6, 6.07) is -2.22. The zero-order chi connectivity index (χ0) is 11.3. The van der Waals surface area contributed by atoms with Crippen LogP contribution in [0, 0.1) is 0 Å². The number of carboxylic acids is 1. The third-order valence-electron chi connectivity index (χ3n) is 1.62.